The second-order valence-electron chi connectivity index (χ2n) is 5.80. The molecular formula is C18H20N2OS. The molecule has 1 heterocycles. The van der Waals surface area contributed by atoms with E-state index in [4.69, 9.17) is 5.26 Å². The average Bonchev–Trinajstić information content (AvgIpc) is 3.18. The van der Waals surface area contributed by atoms with Gasteiger partial charge in [-0.25, -0.2) is 0 Å². The summed E-state index contributed by atoms with van der Waals surface area (Å²) in [6.07, 6.45) is 7.51. The van der Waals surface area contributed by atoms with E-state index >= 15 is 0 Å². The van der Waals surface area contributed by atoms with Crippen LogP contribution in [0, 0.1) is 11.3 Å². The first-order valence-corrected chi connectivity index (χ1v) is 8.94. The van der Waals surface area contributed by atoms with Crippen LogP contribution in [0.25, 0.3) is 10.9 Å². The van der Waals surface area contributed by atoms with Gasteiger partial charge in [0.15, 0.2) is 5.78 Å². The van der Waals surface area contributed by atoms with Gasteiger partial charge in [0, 0.05) is 34.5 Å². The van der Waals surface area contributed by atoms with E-state index in [1.165, 1.54) is 25.7 Å². The summed E-state index contributed by atoms with van der Waals surface area (Å²) in [6, 6.07) is 10.1. The second kappa shape index (κ2) is 7.02. The number of Topliss-reactive ketones (excluding diaryl/α,β-unsaturated/α-hetero) is 1. The molecule has 0 amide bonds. The summed E-state index contributed by atoms with van der Waals surface area (Å²) in [6.45, 7) is 0.639. The van der Waals surface area contributed by atoms with Crippen molar-refractivity contribution in [3.8, 4) is 6.07 Å². The first-order chi connectivity index (χ1) is 10.8. The van der Waals surface area contributed by atoms with E-state index in [1.54, 1.807) is 0 Å². The Balaban J connectivity index is 1.79. The third-order valence-electron chi connectivity index (χ3n) is 4.31. The highest BCUT2D eigenvalue weighted by atomic mass is 32.2. The van der Waals surface area contributed by atoms with Crippen molar-refractivity contribution < 1.29 is 4.79 Å². The van der Waals surface area contributed by atoms with E-state index < -0.39 is 0 Å². The monoisotopic (exact) mass is 312 g/mol. The highest BCUT2D eigenvalue weighted by Crippen LogP contribution is 2.30. The second-order valence-corrected chi connectivity index (χ2v) is 7.09. The average molecular weight is 312 g/mol. The molecule has 1 saturated carbocycles. The van der Waals surface area contributed by atoms with Crippen LogP contribution in [0.2, 0.25) is 0 Å². The molecule has 3 nitrogen and oxygen atoms in total. The Morgan fingerprint density at radius 3 is 2.86 bits per heavy atom. The van der Waals surface area contributed by atoms with Crippen LogP contribution < -0.4 is 0 Å². The number of aromatic nitrogens is 1. The predicted molar refractivity (Wildman–Crippen MR) is 91.2 cm³/mol. The molecule has 2 aromatic rings. The van der Waals surface area contributed by atoms with Crippen molar-refractivity contribution >= 4 is 28.4 Å². The molecule has 0 unspecified atom stereocenters. The third kappa shape index (κ3) is 3.20. The lowest BCUT2D eigenvalue weighted by molar-refractivity contribution is 0.102. The van der Waals surface area contributed by atoms with Crippen molar-refractivity contribution in [2.45, 2.75) is 43.9 Å². The Kier molecular flexibility index (Phi) is 4.84. The topological polar surface area (TPSA) is 45.8 Å². The molecule has 114 valence electrons. The van der Waals surface area contributed by atoms with Crippen molar-refractivity contribution in [1.82, 2.24) is 4.57 Å². The number of thioether (sulfide) groups is 1. The zero-order chi connectivity index (χ0) is 15.4. The summed E-state index contributed by atoms with van der Waals surface area (Å²) in [5.41, 5.74) is 1.85. The van der Waals surface area contributed by atoms with Crippen LogP contribution in [-0.4, -0.2) is 21.4 Å². The molecule has 0 saturated heterocycles. The normalized spacial score (nSPS) is 15.2. The fourth-order valence-electron chi connectivity index (χ4n) is 3.15. The smallest absolute Gasteiger partial charge is 0.174 e. The largest absolute Gasteiger partial charge is 0.346 e. The SMILES string of the molecule is N#CCCn1cc(C(=O)CSC2CCCC2)c2ccccc21. The first-order valence-electron chi connectivity index (χ1n) is 7.89. The maximum atomic E-state index is 12.6. The van der Waals surface area contributed by atoms with Crippen LogP contribution in [0.4, 0.5) is 0 Å². The van der Waals surface area contributed by atoms with Crippen LogP contribution in [0.5, 0.6) is 0 Å². The van der Waals surface area contributed by atoms with Crippen molar-refractivity contribution in [3.05, 3.63) is 36.0 Å². The lowest BCUT2D eigenvalue weighted by atomic mass is 10.1. The molecule has 0 spiro atoms. The molecule has 22 heavy (non-hydrogen) atoms. The Hall–Kier alpha value is -1.73. The summed E-state index contributed by atoms with van der Waals surface area (Å²) in [5.74, 6) is 0.778. The molecule has 0 radical (unpaired) electrons. The van der Waals surface area contributed by atoms with Gasteiger partial charge in [-0.05, 0) is 18.9 Å². The number of rotatable bonds is 6. The molecule has 1 aromatic heterocycles. The maximum absolute atomic E-state index is 12.6. The Morgan fingerprint density at radius 2 is 2.09 bits per heavy atom. The van der Waals surface area contributed by atoms with Crippen LogP contribution in [0.1, 0.15) is 42.5 Å². The molecule has 3 rings (SSSR count). The number of nitrogens with zero attached hydrogens (tertiary/aromatic N) is 2. The summed E-state index contributed by atoms with van der Waals surface area (Å²) >= 11 is 1.81. The van der Waals surface area contributed by atoms with Crippen molar-refractivity contribution in [2.24, 2.45) is 0 Å². The molecule has 4 heteroatoms. The van der Waals surface area contributed by atoms with Gasteiger partial charge in [-0.2, -0.15) is 17.0 Å². The number of para-hydroxylation sites is 1. The molecule has 0 aliphatic heterocycles. The highest BCUT2D eigenvalue weighted by molar-refractivity contribution is 8.00. The summed E-state index contributed by atoms with van der Waals surface area (Å²) in [5, 5.41) is 10.5. The molecular weight excluding hydrogens is 292 g/mol. The fourth-order valence-corrected chi connectivity index (χ4v) is 4.36. The third-order valence-corrected chi connectivity index (χ3v) is 5.68. The number of nitriles is 1. The Labute approximate surface area is 135 Å². The van der Waals surface area contributed by atoms with E-state index in [0.717, 1.165) is 16.5 Å². The zero-order valence-corrected chi connectivity index (χ0v) is 13.4. The summed E-state index contributed by atoms with van der Waals surface area (Å²) in [4.78, 5) is 12.6. The van der Waals surface area contributed by atoms with Crippen molar-refractivity contribution in [2.75, 3.05) is 5.75 Å². The van der Waals surface area contributed by atoms with Crippen LogP contribution in [0.15, 0.2) is 30.5 Å². The molecule has 1 fully saturated rings. The Morgan fingerprint density at radius 1 is 1.32 bits per heavy atom. The number of hydrogen-bond acceptors (Lipinski definition) is 3. The van der Waals surface area contributed by atoms with Gasteiger partial charge in [0.05, 0.1) is 18.2 Å². The maximum Gasteiger partial charge on any atom is 0.174 e. The minimum atomic E-state index is 0.212. The molecule has 1 aromatic carbocycles. The highest BCUT2D eigenvalue weighted by Gasteiger charge is 2.19. The number of carbonyl (C=O) groups is 1. The summed E-state index contributed by atoms with van der Waals surface area (Å²) < 4.78 is 2.03. The lowest BCUT2D eigenvalue weighted by Crippen LogP contribution is -2.06. The fraction of sp³-hybridized carbons (Fsp3) is 0.444. The lowest BCUT2D eigenvalue weighted by Gasteiger charge is -2.07. The minimum Gasteiger partial charge on any atom is -0.346 e. The van der Waals surface area contributed by atoms with Gasteiger partial charge in [0.2, 0.25) is 0 Å². The number of carbonyl (C=O) groups excluding carboxylic acids is 1. The number of ketones is 1. The van der Waals surface area contributed by atoms with Gasteiger partial charge >= 0.3 is 0 Å². The number of hydrogen-bond donors (Lipinski definition) is 0. The van der Waals surface area contributed by atoms with Gasteiger partial charge in [-0.1, -0.05) is 31.0 Å². The van der Waals surface area contributed by atoms with Gasteiger partial charge in [-0.3, -0.25) is 4.79 Å². The molecule has 1 aliphatic carbocycles. The van der Waals surface area contributed by atoms with Gasteiger partial charge in [0.1, 0.15) is 0 Å². The summed E-state index contributed by atoms with van der Waals surface area (Å²) in [7, 11) is 0. The number of aryl methyl sites for hydroxylation is 1. The van der Waals surface area contributed by atoms with Gasteiger partial charge < -0.3 is 4.57 Å². The first kappa shape index (κ1) is 15.2. The van der Waals surface area contributed by atoms with Crippen LogP contribution >= 0.6 is 11.8 Å². The van der Waals surface area contributed by atoms with E-state index in [0.29, 0.717) is 24.0 Å². The molecule has 0 atom stereocenters. The van der Waals surface area contributed by atoms with Crippen molar-refractivity contribution in [1.29, 1.82) is 5.26 Å². The van der Waals surface area contributed by atoms with Gasteiger partial charge in [0.25, 0.3) is 0 Å². The van der Waals surface area contributed by atoms with Crippen molar-refractivity contribution in [3.63, 3.8) is 0 Å². The number of benzene rings is 1. The molecule has 0 N–H and O–H groups in total. The minimum absolute atomic E-state index is 0.212. The van der Waals surface area contributed by atoms with E-state index in [2.05, 4.69) is 6.07 Å². The number of fused-ring (bicyclic) bond motifs is 1. The quantitative estimate of drug-likeness (QED) is 0.742. The predicted octanol–water partition coefficient (Wildman–Crippen LogP) is 4.41. The van der Waals surface area contributed by atoms with Gasteiger partial charge in [-0.15, -0.1) is 0 Å². The van der Waals surface area contributed by atoms with E-state index in [1.807, 2.05) is 46.8 Å². The van der Waals surface area contributed by atoms with Crippen LogP contribution in [0.3, 0.4) is 0 Å². The van der Waals surface area contributed by atoms with E-state index in [9.17, 15) is 4.79 Å². The van der Waals surface area contributed by atoms with Crippen LogP contribution in [-0.2, 0) is 6.54 Å². The Bertz CT molecular complexity index is 707. The molecule has 1 aliphatic rings. The zero-order valence-electron chi connectivity index (χ0n) is 12.6. The standard InChI is InChI=1S/C18H20N2OS/c19-10-5-11-20-12-16(15-8-3-4-9-17(15)20)18(21)13-22-14-6-1-2-7-14/h3-4,8-9,12,14H,1-2,5-7,11,13H2. The van der Waals surface area contributed by atoms with E-state index in [-0.39, 0.29) is 5.78 Å². The molecule has 0 bridgehead atoms.